The second-order valence-corrected chi connectivity index (χ2v) is 7.68. The fourth-order valence-corrected chi connectivity index (χ4v) is 6.45. The molecule has 2 amide bonds. The number of fused-ring (bicyclic) bond motifs is 4. The van der Waals surface area contributed by atoms with Gasteiger partial charge in [-0.1, -0.05) is 26.0 Å². The number of nitrogens with zero attached hydrogens (tertiary/aromatic N) is 1. The molecule has 0 bridgehead atoms. The third-order valence-electron chi connectivity index (χ3n) is 7.15. The first-order chi connectivity index (χ1) is 8.98. The van der Waals surface area contributed by atoms with Crippen molar-refractivity contribution in [3.8, 4) is 0 Å². The summed E-state index contributed by atoms with van der Waals surface area (Å²) in [5.74, 6) is 2.49. The smallest absolute Gasteiger partial charge is 0.233 e. The predicted molar refractivity (Wildman–Crippen MR) is 68.7 cm³/mol. The Kier molecular flexibility index (Phi) is 1.43. The Labute approximate surface area is 113 Å². The lowest BCUT2D eigenvalue weighted by Crippen LogP contribution is -2.34. The molecule has 100 valence electrons. The Hall–Kier alpha value is -1.12. The molecule has 1 heterocycles. The molecule has 7 atom stereocenters. The molecular formula is C16H19NO2. The molecule has 0 aromatic rings. The van der Waals surface area contributed by atoms with E-state index in [0.29, 0.717) is 23.2 Å². The van der Waals surface area contributed by atoms with Crippen LogP contribution in [-0.2, 0) is 9.59 Å². The molecule has 1 aliphatic heterocycles. The van der Waals surface area contributed by atoms with E-state index in [2.05, 4.69) is 26.0 Å². The van der Waals surface area contributed by atoms with Gasteiger partial charge in [0.05, 0.1) is 11.8 Å². The highest BCUT2D eigenvalue weighted by molar-refractivity contribution is 6.07. The normalized spacial score (nSPS) is 59.4. The molecule has 3 saturated carbocycles. The van der Waals surface area contributed by atoms with Gasteiger partial charge < -0.3 is 0 Å². The SMILES string of the molecule is CC(C)C1CC12C1C3C(=O)N(C)C(=O)C3C3C=CC312. The average molecular weight is 257 g/mol. The second-order valence-electron chi connectivity index (χ2n) is 7.68. The molecule has 5 aliphatic rings. The standard InChI is InChI=1S/C16H19NO2/c1-7(2)9-6-16(9)12-11-10(8-4-5-15(8,12)16)13(18)17(3)14(11)19/h4-5,7-12H,6H2,1-3H3. The van der Waals surface area contributed by atoms with Gasteiger partial charge in [0.15, 0.2) is 0 Å². The van der Waals surface area contributed by atoms with Crippen LogP contribution in [0.25, 0.3) is 0 Å². The van der Waals surface area contributed by atoms with Crippen LogP contribution >= 0.6 is 0 Å². The van der Waals surface area contributed by atoms with Crippen LogP contribution < -0.4 is 0 Å². The van der Waals surface area contributed by atoms with Crippen molar-refractivity contribution in [1.82, 2.24) is 4.90 Å². The van der Waals surface area contributed by atoms with E-state index in [4.69, 9.17) is 0 Å². The van der Waals surface area contributed by atoms with Crippen LogP contribution in [0.5, 0.6) is 0 Å². The number of hydrogen-bond donors (Lipinski definition) is 0. The first kappa shape index (κ1) is 10.6. The van der Waals surface area contributed by atoms with Gasteiger partial charge in [0.1, 0.15) is 0 Å². The summed E-state index contributed by atoms with van der Waals surface area (Å²) in [4.78, 5) is 26.1. The summed E-state index contributed by atoms with van der Waals surface area (Å²) in [6.45, 7) is 4.60. The molecular weight excluding hydrogens is 238 g/mol. The van der Waals surface area contributed by atoms with Crippen molar-refractivity contribution in [2.75, 3.05) is 7.05 Å². The van der Waals surface area contributed by atoms with Crippen LogP contribution in [-0.4, -0.2) is 23.8 Å². The van der Waals surface area contributed by atoms with E-state index in [1.54, 1.807) is 7.05 Å². The topological polar surface area (TPSA) is 37.4 Å². The van der Waals surface area contributed by atoms with E-state index in [-0.39, 0.29) is 29.1 Å². The zero-order chi connectivity index (χ0) is 13.3. The third kappa shape index (κ3) is 0.744. The van der Waals surface area contributed by atoms with Gasteiger partial charge in [-0.25, -0.2) is 0 Å². The summed E-state index contributed by atoms with van der Waals surface area (Å²) in [6.07, 6.45) is 5.85. The van der Waals surface area contributed by atoms with Crippen molar-refractivity contribution in [2.24, 2.45) is 46.3 Å². The van der Waals surface area contributed by atoms with Gasteiger partial charge in [-0.05, 0) is 35.5 Å². The molecule has 19 heavy (non-hydrogen) atoms. The summed E-state index contributed by atoms with van der Waals surface area (Å²) < 4.78 is 0. The monoisotopic (exact) mass is 257 g/mol. The number of hydrogen-bond acceptors (Lipinski definition) is 2. The lowest BCUT2D eigenvalue weighted by Gasteiger charge is -2.33. The number of imide groups is 1. The van der Waals surface area contributed by atoms with Gasteiger partial charge in [0.25, 0.3) is 0 Å². The molecule has 0 radical (unpaired) electrons. The van der Waals surface area contributed by atoms with Crippen LogP contribution in [0.1, 0.15) is 20.3 Å². The Morgan fingerprint density at radius 2 is 1.95 bits per heavy atom. The van der Waals surface area contributed by atoms with Gasteiger partial charge in [0.2, 0.25) is 11.8 Å². The number of allylic oxidation sites excluding steroid dienone is 2. The van der Waals surface area contributed by atoms with Crippen molar-refractivity contribution >= 4 is 11.8 Å². The van der Waals surface area contributed by atoms with E-state index >= 15 is 0 Å². The van der Waals surface area contributed by atoms with Crippen LogP contribution in [0.4, 0.5) is 0 Å². The Morgan fingerprint density at radius 1 is 1.26 bits per heavy atom. The number of carbonyl (C=O) groups is 2. The zero-order valence-electron chi connectivity index (χ0n) is 11.6. The summed E-state index contributed by atoms with van der Waals surface area (Å²) in [5, 5.41) is 0. The first-order valence-electron chi connectivity index (χ1n) is 7.49. The summed E-state index contributed by atoms with van der Waals surface area (Å²) in [7, 11) is 1.66. The van der Waals surface area contributed by atoms with Gasteiger partial charge >= 0.3 is 0 Å². The fourth-order valence-electron chi connectivity index (χ4n) is 6.45. The molecule has 3 heteroatoms. The Bertz CT molecular complexity index is 579. The maximum Gasteiger partial charge on any atom is 0.233 e. The van der Waals surface area contributed by atoms with Crippen LogP contribution in [0.3, 0.4) is 0 Å². The highest BCUT2D eigenvalue weighted by Gasteiger charge is 2.96. The predicted octanol–water partition coefficient (Wildman–Crippen LogP) is 1.70. The molecule has 0 N–H and O–H groups in total. The minimum absolute atomic E-state index is 0.00116. The highest BCUT2D eigenvalue weighted by Crippen LogP contribution is 2.97. The Balaban J connectivity index is 1.60. The van der Waals surface area contributed by atoms with Crippen LogP contribution in [0, 0.1) is 46.3 Å². The number of likely N-dealkylation sites (tertiary alicyclic amines) is 1. The van der Waals surface area contributed by atoms with Crippen molar-refractivity contribution in [1.29, 1.82) is 0 Å². The maximum atomic E-state index is 12.4. The lowest BCUT2D eigenvalue weighted by atomic mass is 9.70. The summed E-state index contributed by atoms with van der Waals surface area (Å²) in [5.41, 5.74) is 0.659. The molecule has 3 nitrogen and oxygen atoms in total. The third-order valence-corrected chi connectivity index (χ3v) is 7.15. The van der Waals surface area contributed by atoms with Gasteiger partial charge in [-0.15, -0.1) is 0 Å². The summed E-state index contributed by atoms with van der Waals surface area (Å²) in [6, 6.07) is 0. The van der Waals surface area contributed by atoms with Crippen molar-refractivity contribution in [3.63, 3.8) is 0 Å². The van der Waals surface area contributed by atoms with E-state index in [9.17, 15) is 9.59 Å². The molecule has 0 aromatic heterocycles. The van der Waals surface area contributed by atoms with Crippen LogP contribution in [0.2, 0.25) is 0 Å². The fraction of sp³-hybridized carbons (Fsp3) is 0.750. The largest absolute Gasteiger partial charge is 0.285 e. The number of carbonyl (C=O) groups excluding carboxylic acids is 2. The van der Waals surface area contributed by atoms with Crippen LogP contribution in [0.15, 0.2) is 12.2 Å². The minimum Gasteiger partial charge on any atom is -0.285 e. The average Bonchev–Trinajstić information content (AvgIpc) is 3.17. The quantitative estimate of drug-likeness (QED) is 0.529. The first-order valence-corrected chi connectivity index (χ1v) is 7.49. The van der Waals surface area contributed by atoms with Gasteiger partial charge in [-0.3, -0.25) is 14.5 Å². The van der Waals surface area contributed by atoms with E-state index < -0.39 is 0 Å². The molecule has 4 fully saturated rings. The Morgan fingerprint density at radius 3 is 2.47 bits per heavy atom. The van der Waals surface area contributed by atoms with Gasteiger partial charge in [-0.2, -0.15) is 0 Å². The molecule has 0 aromatic carbocycles. The lowest BCUT2D eigenvalue weighted by molar-refractivity contribution is -0.139. The maximum absolute atomic E-state index is 12.4. The highest BCUT2D eigenvalue weighted by atomic mass is 16.2. The van der Waals surface area contributed by atoms with E-state index in [0.717, 1.165) is 5.92 Å². The number of amides is 2. The molecule has 4 aliphatic carbocycles. The molecule has 2 spiro atoms. The van der Waals surface area contributed by atoms with E-state index in [1.807, 2.05) is 0 Å². The minimum atomic E-state index is -0.0217. The molecule has 7 unspecified atom stereocenters. The van der Waals surface area contributed by atoms with E-state index in [1.165, 1.54) is 11.3 Å². The van der Waals surface area contributed by atoms with Gasteiger partial charge in [0, 0.05) is 12.5 Å². The summed E-state index contributed by atoms with van der Waals surface area (Å²) >= 11 is 0. The van der Waals surface area contributed by atoms with Crippen molar-refractivity contribution < 1.29 is 9.59 Å². The molecule has 5 rings (SSSR count). The second kappa shape index (κ2) is 2.55. The van der Waals surface area contributed by atoms with Crippen molar-refractivity contribution in [2.45, 2.75) is 20.3 Å². The van der Waals surface area contributed by atoms with Crippen molar-refractivity contribution in [3.05, 3.63) is 12.2 Å². The zero-order valence-corrected chi connectivity index (χ0v) is 11.6. The molecule has 1 saturated heterocycles. The number of rotatable bonds is 1.